The summed E-state index contributed by atoms with van der Waals surface area (Å²) in [5, 5.41) is 0. The molecule has 4 heteroatoms. The molecule has 0 aromatic rings. The first-order chi connectivity index (χ1) is 7.00. The molecule has 0 fully saturated rings. The van der Waals surface area contributed by atoms with Gasteiger partial charge in [0.05, 0.1) is 20.1 Å². The number of carbonyl (C=O) groups excluding carboxylic acids is 1. The quantitative estimate of drug-likeness (QED) is 0.653. The fourth-order valence-electron chi connectivity index (χ4n) is 1.52. The number of methoxy groups -OCH3 is 1. The van der Waals surface area contributed by atoms with E-state index in [2.05, 4.69) is 4.74 Å². The molecule has 0 bridgehead atoms. The van der Waals surface area contributed by atoms with Crippen LogP contribution < -0.4 is 5.73 Å². The topological polar surface area (TPSA) is 61.5 Å². The number of carbonyl (C=O) groups is 1. The summed E-state index contributed by atoms with van der Waals surface area (Å²) in [6.07, 6.45) is 1.12. The molecule has 0 amide bonds. The van der Waals surface area contributed by atoms with E-state index in [0.717, 1.165) is 6.42 Å². The van der Waals surface area contributed by atoms with Crippen molar-refractivity contribution in [1.29, 1.82) is 0 Å². The molecule has 2 atom stereocenters. The lowest BCUT2D eigenvalue weighted by atomic mass is 9.79. The van der Waals surface area contributed by atoms with Gasteiger partial charge in [-0.15, -0.1) is 0 Å². The zero-order chi connectivity index (χ0) is 11.9. The largest absolute Gasteiger partial charge is 0.469 e. The molecule has 0 rings (SSSR count). The molecular formula is C11H23NO3. The first-order valence-electron chi connectivity index (χ1n) is 5.40. The molecule has 0 radical (unpaired) electrons. The highest BCUT2D eigenvalue weighted by atomic mass is 16.5. The van der Waals surface area contributed by atoms with E-state index in [9.17, 15) is 4.79 Å². The summed E-state index contributed by atoms with van der Waals surface area (Å²) in [4.78, 5) is 11.3. The number of hydrogen-bond donors (Lipinski definition) is 1. The molecule has 0 spiro atoms. The average Bonchev–Trinajstić information content (AvgIpc) is 2.24. The Morgan fingerprint density at radius 3 is 2.47 bits per heavy atom. The zero-order valence-electron chi connectivity index (χ0n) is 10.2. The third-order valence-corrected chi connectivity index (χ3v) is 2.75. The summed E-state index contributed by atoms with van der Waals surface area (Å²) in [6, 6.07) is -0.0526. The van der Waals surface area contributed by atoms with Crippen LogP contribution in [-0.4, -0.2) is 32.3 Å². The highest BCUT2D eigenvalue weighted by Gasteiger charge is 2.33. The van der Waals surface area contributed by atoms with E-state index in [1.807, 2.05) is 20.8 Å². The molecule has 2 N–H and O–H groups in total. The summed E-state index contributed by atoms with van der Waals surface area (Å²) in [5.41, 5.74) is 5.67. The second-order valence-electron chi connectivity index (χ2n) is 4.06. The van der Waals surface area contributed by atoms with Crippen LogP contribution in [0.4, 0.5) is 0 Å². The predicted octanol–water partition coefficient (Wildman–Crippen LogP) is 1.33. The van der Waals surface area contributed by atoms with Crippen LogP contribution in [0.2, 0.25) is 0 Å². The SMILES string of the molecule is CCOCC(C)(CC(=O)OC)C(N)CC. The second kappa shape index (κ2) is 6.80. The maximum Gasteiger partial charge on any atom is 0.306 e. The Morgan fingerprint density at radius 2 is 2.07 bits per heavy atom. The molecule has 0 aliphatic heterocycles. The third kappa shape index (κ3) is 4.62. The average molecular weight is 217 g/mol. The van der Waals surface area contributed by atoms with Crippen LogP contribution in [0.1, 0.15) is 33.6 Å². The molecule has 0 heterocycles. The predicted molar refractivity (Wildman–Crippen MR) is 59.5 cm³/mol. The molecule has 0 aliphatic rings. The van der Waals surface area contributed by atoms with E-state index < -0.39 is 0 Å². The number of hydrogen-bond acceptors (Lipinski definition) is 4. The van der Waals surface area contributed by atoms with Crippen molar-refractivity contribution >= 4 is 5.97 Å². The Kier molecular flexibility index (Phi) is 6.52. The molecule has 15 heavy (non-hydrogen) atoms. The van der Waals surface area contributed by atoms with Crippen LogP contribution in [0, 0.1) is 5.41 Å². The van der Waals surface area contributed by atoms with Crippen molar-refractivity contribution < 1.29 is 14.3 Å². The van der Waals surface area contributed by atoms with Gasteiger partial charge in [0.15, 0.2) is 0 Å². The molecule has 0 aromatic carbocycles. The minimum atomic E-state index is -0.335. The van der Waals surface area contributed by atoms with Crippen molar-refractivity contribution in [2.45, 2.75) is 39.7 Å². The van der Waals surface area contributed by atoms with Crippen molar-refractivity contribution in [2.24, 2.45) is 11.1 Å². The Bertz CT molecular complexity index is 196. The molecule has 2 unspecified atom stereocenters. The molecule has 0 aromatic heterocycles. The summed E-state index contributed by atoms with van der Waals surface area (Å²) in [7, 11) is 1.39. The monoisotopic (exact) mass is 217 g/mol. The minimum Gasteiger partial charge on any atom is -0.469 e. The van der Waals surface area contributed by atoms with Crippen LogP contribution in [0.5, 0.6) is 0 Å². The lowest BCUT2D eigenvalue weighted by molar-refractivity contribution is -0.144. The number of nitrogens with two attached hydrogens (primary N) is 1. The van der Waals surface area contributed by atoms with Gasteiger partial charge in [-0.1, -0.05) is 13.8 Å². The van der Waals surface area contributed by atoms with E-state index in [-0.39, 0.29) is 17.4 Å². The van der Waals surface area contributed by atoms with Crippen molar-refractivity contribution in [2.75, 3.05) is 20.3 Å². The van der Waals surface area contributed by atoms with Crippen molar-refractivity contribution in [1.82, 2.24) is 0 Å². The van der Waals surface area contributed by atoms with Crippen LogP contribution in [0.25, 0.3) is 0 Å². The van der Waals surface area contributed by atoms with Crippen LogP contribution in [0.15, 0.2) is 0 Å². The summed E-state index contributed by atoms with van der Waals surface area (Å²) >= 11 is 0. The van der Waals surface area contributed by atoms with Gasteiger partial charge in [0.1, 0.15) is 0 Å². The van der Waals surface area contributed by atoms with Crippen LogP contribution >= 0.6 is 0 Å². The first kappa shape index (κ1) is 14.4. The lowest BCUT2D eigenvalue weighted by Gasteiger charge is -2.33. The molecule has 0 aliphatic carbocycles. The molecule has 90 valence electrons. The Balaban J connectivity index is 4.46. The van der Waals surface area contributed by atoms with Crippen molar-refractivity contribution in [3.63, 3.8) is 0 Å². The zero-order valence-corrected chi connectivity index (χ0v) is 10.2. The van der Waals surface area contributed by atoms with Crippen LogP contribution in [-0.2, 0) is 14.3 Å². The number of rotatable bonds is 7. The van der Waals surface area contributed by atoms with Gasteiger partial charge < -0.3 is 15.2 Å². The third-order valence-electron chi connectivity index (χ3n) is 2.75. The fourth-order valence-corrected chi connectivity index (χ4v) is 1.52. The fraction of sp³-hybridized carbons (Fsp3) is 0.909. The van der Waals surface area contributed by atoms with E-state index in [1.54, 1.807) is 0 Å². The second-order valence-corrected chi connectivity index (χ2v) is 4.06. The smallest absolute Gasteiger partial charge is 0.306 e. The van der Waals surface area contributed by atoms with Gasteiger partial charge >= 0.3 is 5.97 Å². The Hall–Kier alpha value is -0.610. The normalized spacial score (nSPS) is 16.9. The molecule has 4 nitrogen and oxygen atoms in total. The standard InChI is InChI=1S/C11H23NO3/c1-5-9(12)11(3,8-15-6-2)7-10(13)14-4/h9H,5-8,12H2,1-4H3. The molecule has 0 saturated carbocycles. The summed E-state index contributed by atoms with van der Waals surface area (Å²) < 4.78 is 10.0. The van der Waals surface area contributed by atoms with Gasteiger partial charge in [-0.3, -0.25) is 4.79 Å². The van der Waals surface area contributed by atoms with E-state index in [1.165, 1.54) is 7.11 Å². The number of esters is 1. The van der Waals surface area contributed by atoms with E-state index in [0.29, 0.717) is 19.6 Å². The maximum absolute atomic E-state index is 11.3. The van der Waals surface area contributed by atoms with Gasteiger partial charge in [0, 0.05) is 18.1 Å². The molecular weight excluding hydrogens is 194 g/mol. The summed E-state index contributed by atoms with van der Waals surface area (Å²) in [6.45, 7) is 7.02. The maximum atomic E-state index is 11.3. The van der Waals surface area contributed by atoms with E-state index >= 15 is 0 Å². The van der Waals surface area contributed by atoms with Gasteiger partial charge in [-0.25, -0.2) is 0 Å². The Labute approximate surface area is 92.1 Å². The lowest BCUT2D eigenvalue weighted by Crippen LogP contribution is -2.44. The minimum absolute atomic E-state index is 0.0526. The van der Waals surface area contributed by atoms with Gasteiger partial charge in [0.25, 0.3) is 0 Å². The first-order valence-corrected chi connectivity index (χ1v) is 5.40. The Morgan fingerprint density at radius 1 is 1.47 bits per heavy atom. The highest BCUT2D eigenvalue weighted by Crippen LogP contribution is 2.27. The van der Waals surface area contributed by atoms with Crippen molar-refractivity contribution in [3.8, 4) is 0 Å². The van der Waals surface area contributed by atoms with Gasteiger partial charge in [0.2, 0.25) is 0 Å². The summed E-state index contributed by atoms with van der Waals surface area (Å²) in [5.74, 6) is -0.235. The number of ether oxygens (including phenoxy) is 2. The highest BCUT2D eigenvalue weighted by molar-refractivity contribution is 5.70. The van der Waals surface area contributed by atoms with Crippen LogP contribution in [0.3, 0.4) is 0 Å². The van der Waals surface area contributed by atoms with E-state index in [4.69, 9.17) is 10.5 Å². The van der Waals surface area contributed by atoms with Gasteiger partial charge in [-0.2, -0.15) is 0 Å². The van der Waals surface area contributed by atoms with Crippen molar-refractivity contribution in [3.05, 3.63) is 0 Å². The van der Waals surface area contributed by atoms with Gasteiger partial charge in [-0.05, 0) is 13.3 Å². The molecule has 0 saturated heterocycles.